The second-order valence-electron chi connectivity index (χ2n) is 8.57. The fourth-order valence-corrected chi connectivity index (χ4v) is 5.68. The van der Waals surface area contributed by atoms with Gasteiger partial charge in [0.25, 0.3) is 0 Å². The van der Waals surface area contributed by atoms with Crippen LogP contribution < -0.4 is 16.4 Å². The van der Waals surface area contributed by atoms with Crippen LogP contribution in [-0.2, 0) is 0 Å². The number of para-hydroxylation sites is 1. The maximum Gasteiger partial charge on any atom is 0.196 e. The van der Waals surface area contributed by atoms with E-state index in [1.165, 1.54) is 11.8 Å². The summed E-state index contributed by atoms with van der Waals surface area (Å²) in [6.07, 6.45) is 3.62. The van der Waals surface area contributed by atoms with Gasteiger partial charge in [-0.05, 0) is 47.9 Å². The van der Waals surface area contributed by atoms with Gasteiger partial charge in [-0.2, -0.15) is 0 Å². The normalized spacial score (nSPS) is 22.2. The van der Waals surface area contributed by atoms with Gasteiger partial charge in [0.15, 0.2) is 5.16 Å². The molecule has 158 valence electrons. The number of piperidine rings is 1. The molecule has 2 fully saturated rings. The van der Waals surface area contributed by atoms with Crippen LogP contribution in [0.25, 0.3) is 33.0 Å². The van der Waals surface area contributed by atoms with Crippen LogP contribution >= 0.6 is 11.8 Å². The van der Waals surface area contributed by atoms with Gasteiger partial charge in [0.2, 0.25) is 0 Å². The molecule has 0 spiro atoms. The van der Waals surface area contributed by atoms with Crippen molar-refractivity contribution in [2.24, 2.45) is 17.6 Å². The average molecular weight is 441 g/mol. The molecule has 9 heteroatoms. The van der Waals surface area contributed by atoms with Crippen molar-refractivity contribution >= 4 is 56.2 Å². The summed E-state index contributed by atoms with van der Waals surface area (Å²) in [6, 6.07) is 12.1. The third-order valence-corrected chi connectivity index (χ3v) is 7.50. The summed E-state index contributed by atoms with van der Waals surface area (Å²) in [4.78, 5) is 25.5. The highest BCUT2D eigenvalue weighted by molar-refractivity contribution is 7.99. The third-order valence-electron chi connectivity index (χ3n) is 6.67. The van der Waals surface area contributed by atoms with Crippen LogP contribution in [0.4, 0.5) is 11.5 Å². The zero-order valence-corrected chi connectivity index (χ0v) is 17.9. The molecule has 0 bridgehead atoms. The Labute approximate surface area is 187 Å². The number of H-pyrrole nitrogens is 1. The van der Waals surface area contributed by atoms with Gasteiger partial charge in [-0.15, -0.1) is 0 Å². The van der Waals surface area contributed by atoms with Crippen molar-refractivity contribution < 1.29 is 0 Å². The van der Waals surface area contributed by atoms with E-state index in [-0.39, 0.29) is 0 Å². The Hall–Kier alpha value is -3.43. The van der Waals surface area contributed by atoms with Gasteiger partial charge in [-0.3, -0.25) is 9.97 Å². The molecule has 0 radical (unpaired) electrons. The first-order chi connectivity index (χ1) is 15.7. The Morgan fingerprint density at radius 3 is 2.78 bits per heavy atom. The van der Waals surface area contributed by atoms with Gasteiger partial charge in [-0.1, -0.05) is 12.1 Å². The number of rotatable bonds is 3. The number of nitrogens with one attached hydrogen (secondary N) is 1. The van der Waals surface area contributed by atoms with E-state index in [1.807, 2.05) is 36.5 Å². The first-order valence-corrected chi connectivity index (χ1v) is 11.4. The van der Waals surface area contributed by atoms with Crippen LogP contribution in [0.1, 0.15) is 0 Å². The molecule has 1 aliphatic heterocycles. The van der Waals surface area contributed by atoms with E-state index in [1.54, 1.807) is 6.20 Å². The number of hydrogen-bond donors (Lipinski definition) is 3. The van der Waals surface area contributed by atoms with Crippen molar-refractivity contribution in [3.8, 4) is 0 Å². The number of nitrogens with two attached hydrogens (primary N) is 2. The number of fused-ring (bicyclic) bond motifs is 5. The van der Waals surface area contributed by atoms with Crippen molar-refractivity contribution in [2.45, 2.75) is 16.1 Å². The Kier molecular flexibility index (Phi) is 3.71. The number of anilines is 2. The number of aromatic amines is 1. The summed E-state index contributed by atoms with van der Waals surface area (Å²) in [5, 5.41) is 2.73. The smallest absolute Gasteiger partial charge is 0.196 e. The van der Waals surface area contributed by atoms with Crippen LogP contribution in [0.3, 0.4) is 0 Å². The average Bonchev–Trinajstić information content (AvgIpc) is 3.16. The molecular weight excluding hydrogens is 420 g/mol. The number of aromatic nitrogens is 5. The van der Waals surface area contributed by atoms with Crippen molar-refractivity contribution in [1.29, 1.82) is 0 Å². The lowest BCUT2D eigenvalue weighted by molar-refractivity contribution is 0.732. The lowest BCUT2D eigenvalue weighted by Crippen LogP contribution is -2.29. The summed E-state index contributed by atoms with van der Waals surface area (Å²) in [7, 11) is 0. The largest absolute Gasteiger partial charge is 0.397 e. The molecular formula is C23H20N8S. The van der Waals surface area contributed by atoms with E-state index >= 15 is 0 Å². The van der Waals surface area contributed by atoms with Crippen molar-refractivity contribution in [2.75, 3.05) is 23.7 Å². The summed E-state index contributed by atoms with van der Waals surface area (Å²) >= 11 is 1.49. The maximum atomic E-state index is 6.26. The van der Waals surface area contributed by atoms with Crippen LogP contribution in [0.5, 0.6) is 0 Å². The Bertz CT molecular complexity index is 1520. The number of hydrogen-bond acceptors (Lipinski definition) is 8. The quantitative estimate of drug-likeness (QED) is 0.289. The summed E-state index contributed by atoms with van der Waals surface area (Å²) in [5.41, 5.74) is 16.6. The summed E-state index contributed by atoms with van der Waals surface area (Å²) < 4.78 is 0. The molecule has 4 aromatic heterocycles. The fraction of sp³-hybridized carbons (Fsp3) is 0.217. The van der Waals surface area contributed by atoms with E-state index in [4.69, 9.17) is 21.4 Å². The van der Waals surface area contributed by atoms with Gasteiger partial charge >= 0.3 is 0 Å². The van der Waals surface area contributed by atoms with E-state index in [0.717, 1.165) is 56.8 Å². The molecule has 1 aromatic carbocycles. The molecule has 0 amide bonds. The van der Waals surface area contributed by atoms with Crippen LogP contribution in [0.15, 0.2) is 58.8 Å². The first kappa shape index (κ1) is 18.2. The fourth-order valence-electron chi connectivity index (χ4n) is 4.92. The third kappa shape index (κ3) is 2.68. The van der Waals surface area contributed by atoms with Gasteiger partial charge in [-0.25, -0.2) is 9.97 Å². The Balaban J connectivity index is 1.37. The molecule has 7 rings (SSSR count). The first-order valence-electron chi connectivity index (χ1n) is 10.6. The topological polar surface area (TPSA) is 123 Å². The minimum absolute atomic E-state index is 0.326. The van der Waals surface area contributed by atoms with Crippen molar-refractivity contribution in [1.82, 2.24) is 24.9 Å². The highest BCUT2D eigenvalue weighted by Gasteiger charge is 2.54. The van der Waals surface area contributed by atoms with Crippen LogP contribution in [0.2, 0.25) is 0 Å². The Morgan fingerprint density at radius 1 is 1.03 bits per heavy atom. The molecule has 1 saturated heterocycles. The SMILES string of the molecule is Nc1cccc2c1[nH]c1nc(Sc3cnc4cccnc4c3)nc(N3CC4C(N)C4C3)c12. The van der Waals surface area contributed by atoms with E-state index in [9.17, 15) is 0 Å². The zero-order chi connectivity index (χ0) is 21.4. The maximum absolute atomic E-state index is 6.26. The van der Waals surface area contributed by atoms with Gasteiger partial charge in [0.1, 0.15) is 11.5 Å². The number of pyridine rings is 2. The molecule has 1 aliphatic carbocycles. The van der Waals surface area contributed by atoms with Crippen LogP contribution in [0, 0.1) is 11.8 Å². The summed E-state index contributed by atoms with van der Waals surface area (Å²) in [5.74, 6) is 2.06. The number of nitrogens with zero attached hydrogens (tertiary/aromatic N) is 5. The number of benzene rings is 1. The van der Waals surface area contributed by atoms with Gasteiger partial charge in [0, 0.05) is 41.8 Å². The lowest BCUT2D eigenvalue weighted by atomic mass is 10.1. The predicted octanol–water partition coefficient (Wildman–Crippen LogP) is 3.18. The molecule has 32 heavy (non-hydrogen) atoms. The molecule has 5 N–H and O–H groups in total. The highest BCUT2D eigenvalue weighted by atomic mass is 32.2. The molecule has 2 atom stereocenters. The van der Waals surface area contributed by atoms with E-state index < -0.39 is 0 Å². The van der Waals surface area contributed by atoms with Crippen molar-refractivity contribution in [3.63, 3.8) is 0 Å². The van der Waals surface area contributed by atoms with Gasteiger partial charge < -0.3 is 21.4 Å². The summed E-state index contributed by atoms with van der Waals surface area (Å²) in [6.45, 7) is 1.86. The van der Waals surface area contributed by atoms with Crippen LogP contribution in [-0.4, -0.2) is 44.1 Å². The molecule has 2 aliphatic rings. The van der Waals surface area contributed by atoms with Crippen molar-refractivity contribution in [3.05, 3.63) is 48.8 Å². The minimum atomic E-state index is 0.326. The highest BCUT2D eigenvalue weighted by Crippen LogP contribution is 2.47. The second-order valence-corrected chi connectivity index (χ2v) is 9.61. The molecule has 8 nitrogen and oxygen atoms in total. The monoisotopic (exact) mass is 440 g/mol. The minimum Gasteiger partial charge on any atom is -0.397 e. The van der Waals surface area contributed by atoms with E-state index in [0.29, 0.717) is 28.7 Å². The second kappa shape index (κ2) is 6.54. The van der Waals surface area contributed by atoms with E-state index in [2.05, 4.69) is 25.9 Å². The lowest BCUT2D eigenvalue weighted by Gasteiger charge is -2.21. The predicted molar refractivity (Wildman–Crippen MR) is 127 cm³/mol. The Morgan fingerprint density at radius 2 is 1.91 bits per heavy atom. The molecule has 5 heterocycles. The molecule has 2 unspecified atom stereocenters. The van der Waals surface area contributed by atoms with Gasteiger partial charge in [0.05, 0.1) is 27.6 Å². The molecule has 5 aromatic rings. The number of nitrogen functional groups attached to an aromatic ring is 1. The zero-order valence-electron chi connectivity index (χ0n) is 17.1. The standard InChI is InChI=1S/C23H20N8S/c24-15-4-1-3-12-18-21(28-20(12)15)29-23(30-22(18)31-9-13-14(10-31)19(13)25)32-11-7-17-16(27-8-11)5-2-6-26-17/h1-8,13-14,19H,9-10,24-25H2,(H,28,29,30). The molecule has 1 saturated carbocycles.